The molecule has 4 heteroatoms. The van der Waals surface area contributed by atoms with Crippen molar-refractivity contribution in [1.82, 2.24) is 0 Å². The van der Waals surface area contributed by atoms with Crippen LogP contribution in [0.1, 0.15) is 0 Å². The van der Waals surface area contributed by atoms with E-state index in [1.165, 1.54) is 15.9 Å². The fraction of sp³-hybridized carbons (Fsp3) is 0.0526. The summed E-state index contributed by atoms with van der Waals surface area (Å²) in [4.78, 5) is 0. The summed E-state index contributed by atoms with van der Waals surface area (Å²) in [6.45, 7) is 2.44. The van der Waals surface area contributed by atoms with Crippen LogP contribution in [0, 0.1) is 0 Å². The Morgan fingerprint density at radius 3 is 0.913 bits per heavy atom. The van der Waals surface area contributed by atoms with Crippen LogP contribution in [-0.2, 0) is 17.1 Å². The van der Waals surface area contributed by atoms with E-state index in [1.807, 2.05) is 0 Å². The van der Waals surface area contributed by atoms with Crippen molar-refractivity contribution in [3.8, 4) is 0 Å². The van der Waals surface area contributed by atoms with E-state index in [4.69, 9.17) is 0 Å². The molecular formula is C19H19Br2MnP. The molecule has 0 N–H and O–H groups in total. The summed E-state index contributed by atoms with van der Waals surface area (Å²) in [5, 5.41) is 4.37. The first kappa shape index (κ1) is 22.6. The van der Waals surface area contributed by atoms with E-state index in [-0.39, 0.29) is 51.0 Å². The van der Waals surface area contributed by atoms with Gasteiger partial charge in [-0.15, -0.1) is 0 Å². The third-order valence-electron chi connectivity index (χ3n) is 4.05. The van der Waals surface area contributed by atoms with Gasteiger partial charge in [0.05, 0.1) is 0 Å². The molecule has 0 fully saturated rings. The van der Waals surface area contributed by atoms with E-state index in [0.717, 1.165) is 0 Å². The molecule has 0 aromatic heterocycles. The summed E-state index contributed by atoms with van der Waals surface area (Å²) < 4.78 is 0. The Labute approximate surface area is 171 Å². The Morgan fingerprint density at radius 2 is 0.696 bits per heavy atom. The monoisotopic (exact) mass is 491 g/mol. The predicted octanol–water partition coefficient (Wildman–Crippen LogP) is -2.65. The van der Waals surface area contributed by atoms with Crippen molar-refractivity contribution in [2.75, 3.05) is 6.66 Å². The van der Waals surface area contributed by atoms with Crippen molar-refractivity contribution in [2.24, 2.45) is 0 Å². The van der Waals surface area contributed by atoms with E-state index in [9.17, 15) is 0 Å². The Hall–Kier alpha value is -0.431. The summed E-state index contributed by atoms with van der Waals surface area (Å²) >= 11 is 0. The zero-order chi connectivity index (χ0) is 13.8. The maximum absolute atomic E-state index is 2.44. The van der Waals surface area contributed by atoms with E-state index in [1.54, 1.807) is 0 Å². The maximum Gasteiger partial charge on any atom is 2.00 e. The molecule has 0 saturated heterocycles. The van der Waals surface area contributed by atoms with Crippen LogP contribution in [0.25, 0.3) is 0 Å². The van der Waals surface area contributed by atoms with E-state index < -0.39 is 7.26 Å². The normalized spacial score (nSPS) is 10.5. The molecule has 0 aliphatic carbocycles. The molecule has 0 unspecified atom stereocenters. The molecule has 0 nitrogen and oxygen atoms in total. The van der Waals surface area contributed by atoms with Gasteiger partial charge in [0, 0.05) is 0 Å². The Morgan fingerprint density at radius 1 is 0.478 bits per heavy atom. The average molecular weight is 493 g/mol. The average Bonchev–Trinajstić information content (AvgIpc) is 2.56. The van der Waals surface area contributed by atoms with E-state index in [0.29, 0.717) is 0 Å². The zero-order valence-corrected chi connectivity index (χ0v) is 18.1. The number of hydrogen-bond donors (Lipinski definition) is 0. The fourth-order valence-electron chi connectivity index (χ4n) is 2.81. The van der Waals surface area contributed by atoms with Gasteiger partial charge in [0.15, 0.2) is 0 Å². The predicted molar refractivity (Wildman–Crippen MR) is 92.5 cm³/mol. The van der Waals surface area contributed by atoms with Gasteiger partial charge in [-0.05, 0) is 0 Å². The van der Waals surface area contributed by atoms with Crippen molar-refractivity contribution in [1.29, 1.82) is 0 Å². The van der Waals surface area contributed by atoms with Gasteiger partial charge in [-0.25, -0.2) is 0 Å². The summed E-state index contributed by atoms with van der Waals surface area (Å²) in [7, 11) is -1.88. The SMILES string of the molecule is C[PH](c1ccccc1)(c1ccccc1)c1ccccc1.[Br-].[Br-].[Mn+2]. The molecule has 3 aromatic carbocycles. The molecule has 0 heterocycles. The van der Waals surface area contributed by atoms with Crippen molar-refractivity contribution in [3.05, 3.63) is 91.0 Å². The Bertz CT molecular complexity index is 579. The summed E-state index contributed by atoms with van der Waals surface area (Å²) in [5.41, 5.74) is 0. The van der Waals surface area contributed by atoms with Gasteiger partial charge in [0.25, 0.3) is 0 Å². The van der Waals surface area contributed by atoms with E-state index in [2.05, 4.69) is 97.7 Å². The minimum Gasteiger partial charge on any atom is -1.00 e. The van der Waals surface area contributed by atoms with Crippen molar-refractivity contribution < 1.29 is 51.0 Å². The van der Waals surface area contributed by atoms with Gasteiger partial charge in [-0.2, -0.15) is 0 Å². The van der Waals surface area contributed by atoms with Gasteiger partial charge in [0.2, 0.25) is 0 Å². The minimum atomic E-state index is -1.88. The van der Waals surface area contributed by atoms with Crippen LogP contribution in [0.5, 0.6) is 0 Å². The standard InChI is InChI=1S/C19H19P.2BrH.Mn/c1-20(17-11-5-2-6-12-17,18-13-7-3-8-14-18)19-15-9-4-10-16-19;;;/h2-16,20H,1H3;2*1H;/q;;;+2/p-2. The molecular weight excluding hydrogens is 474 g/mol. The molecule has 1 radical (unpaired) electrons. The van der Waals surface area contributed by atoms with Gasteiger partial charge < -0.3 is 34.0 Å². The Balaban J connectivity index is 0.00000161. The second kappa shape index (κ2) is 10.4. The number of benzene rings is 3. The first-order chi connectivity index (χ1) is 9.82. The molecule has 0 aliphatic heterocycles. The minimum absolute atomic E-state index is 0. The van der Waals surface area contributed by atoms with Gasteiger partial charge >= 0.3 is 138 Å². The van der Waals surface area contributed by atoms with Crippen molar-refractivity contribution >= 4 is 23.2 Å². The second-order valence-electron chi connectivity index (χ2n) is 5.22. The largest absolute Gasteiger partial charge is 2.00 e. The number of rotatable bonds is 3. The summed E-state index contributed by atoms with van der Waals surface area (Å²) in [6, 6.07) is 32.8. The van der Waals surface area contributed by atoms with Gasteiger partial charge in [-0.3, -0.25) is 0 Å². The summed E-state index contributed by atoms with van der Waals surface area (Å²) in [5.74, 6) is 0. The van der Waals surface area contributed by atoms with Crippen LogP contribution >= 0.6 is 7.26 Å². The molecule has 0 amide bonds. The zero-order valence-electron chi connectivity index (χ0n) is 12.8. The quantitative estimate of drug-likeness (QED) is 0.277. The molecule has 3 aromatic rings. The topological polar surface area (TPSA) is 0 Å². The number of hydrogen-bond acceptors (Lipinski definition) is 0. The molecule has 0 bridgehead atoms. The molecule has 0 spiro atoms. The fourth-order valence-corrected chi connectivity index (χ4v) is 6.39. The number of halogens is 2. The van der Waals surface area contributed by atoms with Crippen LogP contribution in [0.4, 0.5) is 0 Å². The smallest absolute Gasteiger partial charge is 1.00 e. The van der Waals surface area contributed by atoms with Crippen LogP contribution in [0.15, 0.2) is 91.0 Å². The van der Waals surface area contributed by atoms with Crippen molar-refractivity contribution in [2.45, 2.75) is 0 Å². The second-order valence-corrected chi connectivity index (χ2v) is 9.21. The van der Waals surface area contributed by atoms with Crippen LogP contribution < -0.4 is 49.9 Å². The Kier molecular flexibility index (Phi) is 10.2. The molecule has 0 atom stereocenters. The first-order valence-corrected chi connectivity index (χ1v) is 9.48. The molecule has 23 heavy (non-hydrogen) atoms. The molecule has 3 rings (SSSR count). The molecule has 121 valence electrons. The van der Waals surface area contributed by atoms with Crippen molar-refractivity contribution in [3.63, 3.8) is 0 Å². The molecule has 0 aliphatic rings. The van der Waals surface area contributed by atoms with Crippen LogP contribution in [-0.4, -0.2) is 6.66 Å². The third-order valence-corrected chi connectivity index (χ3v) is 8.52. The first-order valence-electron chi connectivity index (χ1n) is 6.98. The van der Waals surface area contributed by atoms with E-state index >= 15 is 0 Å². The van der Waals surface area contributed by atoms with Crippen LogP contribution in [0.3, 0.4) is 0 Å². The van der Waals surface area contributed by atoms with Gasteiger partial charge in [0.1, 0.15) is 0 Å². The maximum atomic E-state index is 2.44. The molecule has 0 saturated carbocycles. The van der Waals surface area contributed by atoms with Crippen LogP contribution in [0.2, 0.25) is 0 Å². The van der Waals surface area contributed by atoms with Gasteiger partial charge in [-0.1, -0.05) is 0 Å². The summed E-state index contributed by atoms with van der Waals surface area (Å²) in [6.07, 6.45) is 0. The third kappa shape index (κ3) is 4.78.